The Morgan fingerprint density at radius 2 is 2.24 bits per heavy atom. The van der Waals surface area contributed by atoms with Gasteiger partial charge in [-0.15, -0.1) is 0 Å². The average molecular weight is 313 g/mol. The maximum absolute atomic E-state index is 12.9. The monoisotopic (exact) mass is 312 g/mol. The first-order valence-electron chi connectivity index (χ1n) is 7.62. The molecule has 5 nitrogen and oxygen atoms in total. The Hall–Kier alpha value is -1.07. The molecule has 1 aliphatic heterocycles. The largest absolute Gasteiger partial charge is 0.338 e. The summed E-state index contributed by atoms with van der Waals surface area (Å²) in [7, 11) is 3.74. The number of hydrogen-bond acceptors (Lipinski definition) is 3. The number of nitrogens with zero attached hydrogens (tertiary/aromatic N) is 3. The number of carbonyl (C=O) groups is 1. The van der Waals surface area contributed by atoms with Crippen molar-refractivity contribution >= 4 is 17.5 Å². The second-order valence-corrected chi connectivity index (χ2v) is 6.50. The van der Waals surface area contributed by atoms with Gasteiger partial charge in [-0.25, -0.2) is 0 Å². The molecule has 1 amide bonds. The summed E-state index contributed by atoms with van der Waals surface area (Å²) in [5, 5.41) is 8.05. The van der Waals surface area contributed by atoms with E-state index in [-0.39, 0.29) is 11.8 Å². The molecule has 0 saturated carbocycles. The zero-order valence-corrected chi connectivity index (χ0v) is 14.1. The molecule has 1 aromatic rings. The maximum atomic E-state index is 12.9. The predicted molar refractivity (Wildman–Crippen MR) is 84.9 cm³/mol. The fourth-order valence-corrected chi connectivity index (χ4v) is 3.20. The lowest BCUT2D eigenvalue weighted by molar-refractivity contribution is 0.0673. The summed E-state index contributed by atoms with van der Waals surface area (Å²) in [6.45, 7) is 6.62. The summed E-state index contributed by atoms with van der Waals surface area (Å²) >= 11 is 6.31. The van der Waals surface area contributed by atoms with Crippen LogP contribution in [-0.2, 0) is 7.05 Å². The summed E-state index contributed by atoms with van der Waals surface area (Å²) in [6, 6.07) is 0. The van der Waals surface area contributed by atoms with Gasteiger partial charge in [-0.1, -0.05) is 25.4 Å². The molecule has 0 spiro atoms. The normalized spacial score (nSPS) is 19.3. The van der Waals surface area contributed by atoms with Crippen LogP contribution in [0.15, 0.2) is 0 Å². The molecule has 1 fully saturated rings. The molecule has 118 valence electrons. The minimum absolute atomic E-state index is 0.0256. The van der Waals surface area contributed by atoms with Crippen LogP contribution >= 0.6 is 11.6 Å². The fourth-order valence-electron chi connectivity index (χ4n) is 2.99. The minimum Gasteiger partial charge on any atom is -0.338 e. The van der Waals surface area contributed by atoms with E-state index >= 15 is 0 Å². The van der Waals surface area contributed by atoms with Crippen LogP contribution in [-0.4, -0.2) is 47.3 Å². The van der Waals surface area contributed by atoms with Crippen LogP contribution in [0.25, 0.3) is 0 Å². The molecular weight excluding hydrogens is 288 g/mol. The third-order valence-corrected chi connectivity index (χ3v) is 4.50. The van der Waals surface area contributed by atoms with E-state index in [0.29, 0.717) is 16.6 Å². The molecule has 1 aliphatic rings. The molecule has 1 saturated heterocycles. The molecule has 6 heteroatoms. The van der Waals surface area contributed by atoms with Gasteiger partial charge in [0.1, 0.15) is 5.15 Å². The van der Waals surface area contributed by atoms with Gasteiger partial charge in [-0.3, -0.25) is 9.48 Å². The first-order chi connectivity index (χ1) is 9.95. The molecule has 2 heterocycles. The Labute approximate surface area is 131 Å². The first kappa shape index (κ1) is 16.3. The van der Waals surface area contributed by atoms with Crippen molar-refractivity contribution in [1.29, 1.82) is 0 Å². The summed E-state index contributed by atoms with van der Waals surface area (Å²) < 4.78 is 1.60. The van der Waals surface area contributed by atoms with Gasteiger partial charge >= 0.3 is 0 Å². The summed E-state index contributed by atoms with van der Waals surface area (Å²) in [5.41, 5.74) is 1.38. The number of aryl methyl sites for hydroxylation is 1. The number of likely N-dealkylation sites (tertiary alicyclic amines) is 1. The standard InChI is InChI=1S/C15H25ClN4O/c1-10(2)13-12(14(16)19(4)18-13)15(21)20-7-5-6-11(9-20)8-17-3/h10-11,17H,5-9H2,1-4H3/t11-/m0/s1. The zero-order chi connectivity index (χ0) is 15.6. The van der Waals surface area contributed by atoms with Crippen LogP contribution in [0.1, 0.15) is 48.7 Å². The fraction of sp³-hybridized carbons (Fsp3) is 0.733. The lowest BCUT2D eigenvalue weighted by atomic mass is 9.97. The van der Waals surface area contributed by atoms with E-state index in [1.807, 2.05) is 25.8 Å². The molecular formula is C15H25ClN4O. The van der Waals surface area contributed by atoms with Gasteiger partial charge < -0.3 is 10.2 Å². The molecule has 0 radical (unpaired) electrons. The highest BCUT2D eigenvalue weighted by Gasteiger charge is 2.30. The molecule has 2 rings (SSSR count). The second-order valence-electron chi connectivity index (χ2n) is 6.15. The number of amides is 1. The van der Waals surface area contributed by atoms with Crippen molar-refractivity contribution in [3.63, 3.8) is 0 Å². The van der Waals surface area contributed by atoms with Gasteiger partial charge in [0.25, 0.3) is 5.91 Å². The number of rotatable bonds is 4. The van der Waals surface area contributed by atoms with Crippen LogP contribution in [0.5, 0.6) is 0 Å². The number of hydrogen-bond donors (Lipinski definition) is 1. The third-order valence-electron chi connectivity index (χ3n) is 4.06. The quantitative estimate of drug-likeness (QED) is 0.928. The van der Waals surface area contributed by atoms with Crippen molar-refractivity contribution in [2.24, 2.45) is 13.0 Å². The van der Waals surface area contributed by atoms with E-state index in [1.165, 1.54) is 6.42 Å². The number of aromatic nitrogens is 2. The Balaban J connectivity index is 2.23. The van der Waals surface area contributed by atoms with Gasteiger partial charge in [0.05, 0.1) is 11.3 Å². The van der Waals surface area contributed by atoms with Crippen LogP contribution in [0.3, 0.4) is 0 Å². The highest BCUT2D eigenvalue weighted by Crippen LogP contribution is 2.28. The van der Waals surface area contributed by atoms with Crippen molar-refractivity contribution in [3.05, 3.63) is 16.4 Å². The third kappa shape index (κ3) is 3.40. The first-order valence-corrected chi connectivity index (χ1v) is 7.99. The molecule has 0 aromatic carbocycles. The van der Waals surface area contributed by atoms with Crippen molar-refractivity contribution in [1.82, 2.24) is 20.0 Å². The van der Waals surface area contributed by atoms with Crippen molar-refractivity contribution in [2.75, 3.05) is 26.7 Å². The van der Waals surface area contributed by atoms with Crippen LogP contribution in [0.4, 0.5) is 0 Å². The van der Waals surface area contributed by atoms with E-state index in [2.05, 4.69) is 10.4 Å². The van der Waals surface area contributed by atoms with Gasteiger partial charge in [-0.05, 0) is 38.3 Å². The summed E-state index contributed by atoms with van der Waals surface area (Å²) in [5.74, 6) is 0.726. The van der Waals surface area contributed by atoms with Crippen LogP contribution in [0.2, 0.25) is 5.15 Å². The topological polar surface area (TPSA) is 50.2 Å². The average Bonchev–Trinajstić information content (AvgIpc) is 2.75. The molecule has 0 aliphatic carbocycles. The molecule has 1 aromatic heterocycles. The maximum Gasteiger partial charge on any atom is 0.258 e. The van der Waals surface area contributed by atoms with Gasteiger partial charge in [0.2, 0.25) is 0 Å². The Morgan fingerprint density at radius 1 is 1.52 bits per heavy atom. The lowest BCUT2D eigenvalue weighted by Crippen LogP contribution is -2.42. The Bertz CT molecular complexity index is 510. The molecule has 1 N–H and O–H groups in total. The van der Waals surface area contributed by atoms with E-state index in [0.717, 1.165) is 31.7 Å². The van der Waals surface area contributed by atoms with E-state index in [9.17, 15) is 4.79 Å². The lowest BCUT2D eigenvalue weighted by Gasteiger charge is -2.33. The van der Waals surface area contributed by atoms with Gasteiger partial charge in [0, 0.05) is 20.1 Å². The van der Waals surface area contributed by atoms with Gasteiger partial charge in [0.15, 0.2) is 0 Å². The zero-order valence-electron chi connectivity index (χ0n) is 13.3. The SMILES string of the molecule is CNC[C@@H]1CCCN(C(=O)c2c(C(C)C)nn(C)c2Cl)C1. The minimum atomic E-state index is 0.0256. The number of nitrogens with one attached hydrogen (secondary N) is 1. The number of halogens is 1. The van der Waals surface area contributed by atoms with E-state index in [4.69, 9.17) is 11.6 Å². The van der Waals surface area contributed by atoms with Crippen molar-refractivity contribution in [2.45, 2.75) is 32.6 Å². The summed E-state index contributed by atoms with van der Waals surface area (Å²) in [4.78, 5) is 14.8. The van der Waals surface area contributed by atoms with Crippen molar-refractivity contribution < 1.29 is 4.79 Å². The van der Waals surface area contributed by atoms with Crippen molar-refractivity contribution in [3.8, 4) is 0 Å². The number of piperidine rings is 1. The van der Waals surface area contributed by atoms with Gasteiger partial charge in [-0.2, -0.15) is 5.10 Å². The van der Waals surface area contributed by atoms with E-state index < -0.39 is 0 Å². The molecule has 0 unspecified atom stereocenters. The molecule has 1 atom stereocenters. The predicted octanol–water partition coefficient (Wildman–Crippen LogP) is 2.27. The molecule has 0 bridgehead atoms. The van der Waals surface area contributed by atoms with Crippen LogP contribution in [0, 0.1) is 5.92 Å². The van der Waals surface area contributed by atoms with E-state index in [1.54, 1.807) is 11.7 Å². The Morgan fingerprint density at radius 3 is 2.86 bits per heavy atom. The highest BCUT2D eigenvalue weighted by atomic mass is 35.5. The molecule has 21 heavy (non-hydrogen) atoms. The number of carbonyl (C=O) groups excluding carboxylic acids is 1. The second kappa shape index (κ2) is 6.79. The van der Waals surface area contributed by atoms with Crippen LogP contribution < -0.4 is 5.32 Å². The summed E-state index contributed by atoms with van der Waals surface area (Å²) in [6.07, 6.45) is 2.22. The highest BCUT2D eigenvalue weighted by molar-refractivity contribution is 6.33. The smallest absolute Gasteiger partial charge is 0.258 e. The Kier molecular flexibility index (Phi) is 5.27.